The molecular weight excluding hydrogens is 290 g/mol. The Morgan fingerprint density at radius 1 is 1.47 bits per heavy atom. The number of hydrogen-bond acceptors (Lipinski definition) is 3. The van der Waals surface area contributed by atoms with E-state index in [-0.39, 0.29) is 11.9 Å². The van der Waals surface area contributed by atoms with Crippen molar-refractivity contribution in [1.29, 1.82) is 0 Å². The Balaban J connectivity index is 2.04. The molecule has 1 aliphatic carbocycles. The summed E-state index contributed by atoms with van der Waals surface area (Å²) in [4.78, 5) is 22.8. The lowest BCUT2D eigenvalue weighted by Crippen LogP contribution is -2.40. The number of hydrogen-bond donors (Lipinski definition) is 2. The SMILES string of the molecule is O=C(NC1CCCC1C(=O)O)c1ccoc1Br. The first kappa shape index (κ1) is 12.2. The molecule has 6 heteroatoms. The van der Waals surface area contributed by atoms with Gasteiger partial charge in [0.1, 0.15) is 0 Å². The van der Waals surface area contributed by atoms with Gasteiger partial charge < -0.3 is 14.8 Å². The van der Waals surface area contributed by atoms with Crippen molar-refractivity contribution in [1.82, 2.24) is 5.32 Å². The van der Waals surface area contributed by atoms with Gasteiger partial charge >= 0.3 is 5.97 Å². The van der Waals surface area contributed by atoms with Gasteiger partial charge in [0.15, 0.2) is 4.67 Å². The van der Waals surface area contributed by atoms with E-state index in [0.29, 0.717) is 23.1 Å². The van der Waals surface area contributed by atoms with Crippen molar-refractivity contribution in [2.45, 2.75) is 25.3 Å². The maximum Gasteiger partial charge on any atom is 0.308 e. The molecule has 2 rings (SSSR count). The van der Waals surface area contributed by atoms with Gasteiger partial charge in [-0.05, 0) is 34.8 Å². The summed E-state index contributed by atoms with van der Waals surface area (Å²) >= 11 is 3.12. The summed E-state index contributed by atoms with van der Waals surface area (Å²) in [6.45, 7) is 0. The van der Waals surface area contributed by atoms with Crippen LogP contribution in [0, 0.1) is 5.92 Å². The zero-order valence-corrected chi connectivity index (χ0v) is 10.6. The number of aliphatic carboxylic acids is 1. The van der Waals surface area contributed by atoms with E-state index in [0.717, 1.165) is 6.42 Å². The van der Waals surface area contributed by atoms with E-state index in [1.54, 1.807) is 6.07 Å². The molecule has 17 heavy (non-hydrogen) atoms. The Hall–Kier alpha value is -1.30. The first-order valence-corrected chi connectivity index (χ1v) is 6.15. The summed E-state index contributed by atoms with van der Waals surface area (Å²) in [6, 6.07) is 1.26. The number of rotatable bonds is 3. The molecule has 0 aromatic carbocycles. The standard InChI is InChI=1S/C11H12BrNO4/c12-9-7(4-5-17-9)10(14)13-8-3-1-2-6(8)11(15)16/h4-6,8H,1-3H2,(H,13,14)(H,15,16). The fourth-order valence-electron chi connectivity index (χ4n) is 2.13. The summed E-state index contributed by atoms with van der Waals surface area (Å²) in [5.74, 6) is -1.63. The number of halogens is 1. The van der Waals surface area contributed by atoms with Crippen molar-refractivity contribution in [2.75, 3.05) is 0 Å². The minimum atomic E-state index is -0.848. The van der Waals surface area contributed by atoms with Crippen molar-refractivity contribution in [3.05, 3.63) is 22.6 Å². The first-order chi connectivity index (χ1) is 8.09. The predicted octanol–water partition coefficient (Wildman–Crippen LogP) is 2.03. The monoisotopic (exact) mass is 301 g/mol. The molecule has 1 aliphatic rings. The lowest BCUT2D eigenvalue weighted by molar-refractivity contribution is -0.142. The van der Waals surface area contributed by atoms with E-state index in [1.165, 1.54) is 6.26 Å². The molecule has 2 atom stereocenters. The molecule has 2 N–H and O–H groups in total. The van der Waals surface area contributed by atoms with E-state index in [1.807, 2.05) is 0 Å². The fourth-order valence-corrected chi connectivity index (χ4v) is 2.55. The number of carbonyl (C=O) groups excluding carboxylic acids is 1. The maximum absolute atomic E-state index is 11.9. The highest BCUT2D eigenvalue weighted by Crippen LogP contribution is 2.26. The van der Waals surface area contributed by atoms with E-state index >= 15 is 0 Å². The topological polar surface area (TPSA) is 79.5 Å². The van der Waals surface area contributed by atoms with Crippen LogP contribution in [0.5, 0.6) is 0 Å². The molecule has 1 heterocycles. The third-order valence-corrected chi connectivity index (χ3v) is 3.63. The average Bonchev–Trinajstić information content (AvgIpc) is 2.86. The van der Waals surface area contributed by atoms with Gasteiger partial charge in [-0.2, -0.15) is 0 Å². The molecule has 2 unspecified atom stereocenters. The molecule has 92 valence electrons. The normalized spacial score (nSPS) is 23.6. The highest BCUT2D eigenvalue weighted by Gasteiger charge is 2.34. The zero-order valence-electron chi connectivity index (χ0n) is 8.98. The first-order valence-electron chi connectivity index (χ1n) is 5.36. The summed E-state index contributed by atoms with van der Waals surface area (Å²) in [5, 5.41) is 11.7. The van der Waals surface area contributed by atoms with Crippen molar-refractivity contribution < 1.29 is 19.1 Å². The third-order valence-electron chi connectivity index (χ3n) is 3.01. The van der Waals surface area contributed by atoms with Crippen LogP contribution in [-0.4, -0.2) is 23.0 Å². The number of furan rings is 1. The second-order valence-electron chi connectivity index (χ2n) is 4.06. The lowest BCUT2D eigenvalue weighted by Gasteiger charge is -2.17. The van der Waals surface area contributed by atoms with Crippen molar-refractivity contribution in [3.8, 4) is 0 Å². The summed E-state index contributed by atoms with van der Waals surface area (Å²) < 4.78 is 5.32. The molecule has 5 nitrogen and oxygen atoms in total. The number of carboxylic acids is 1. The second-order valence-corrected chi connectivity index (χ2v) is 4.78. The molecule has 1 fully saturated rings. The second kappa shape index (κ2) is 4.91. The third kappa shape index (κ3) is 2.52. The zero-order chi connectivity index (χ0) is 12.4. The number of carboxylic acid groups (broad SMARTS) is 1. The number of nitrogens with one attached hydrogen (secondary N) is 1. The van der Waals surface area contributed by atoms with E-state index in [9.17, 15) is 9.59 Å². The van der Waals surface area contributed by atoms with Crippen LogP contribution in [0.4, 0.5) is 0 Å². The van der Waals surface area contributed by atoms with Crippen LogP contribution in [0.2, 0.25) is 0 Å². The van der Waals surface area contributed by atoms with Crippen LogP contribution in [0.15, 0.2) is 21.4 Å². The minimum Gasteiger partial charge on any atom is -0.481 e. The van der Waals surface area contributed by atoms with Crippen LogP contribution >= 0.6 is 15.9 Å². The summed E-state index contributed by atoms with van der Waals surface area (Å²) in [6.07, 6.45) is 3.56. The molecule has 0 bridgehead atoms. The summed E-state index contributed by atoms with van der Waals surface area (Å²) in [7, 11) is 0. The molecule has 1 amide bonds. The molecular formula is C11H12BrNO4. The predicted molar refractivity (Wildman–Crippen MR) is 62.6 cm³/mol. The molecule has 1 aromatic heterocycles. The van der Waals surface area contributed by atoms with Crippen molar-refractivity contribution >= 4 is 27.8 Å². The van der Waals surface area contributed by atoms with Crippen LogP contribution in [-0.2, 0) is 4.79 Å². The maximum atomic E-state index is 11.9. The quantitative estimate of drug-likeness (QED) is 0.895. The Morgan fingerprint density at radius 3 is 2.82 bits per heavy atom. The molecule has 1 saturated carbocycles. The van der Waals surface area contributed by atoms with Crippen LogP contribution < -0.4 is 5.32 Å². The van der Waals surface area contributed by atoms with Crippen LogP contribution in [0.3, 0.4) is 0 Å². The van der Waals surface area contributed by atoms with E-state index in [4.69, 9.17) is 9.52 Å². The average molecular weight is 302 g/mol. The number of amides is 1. The highest BCUT2D eigenvalue weighted by molar-refractivity contribution is 9.10. The highest BCUT2D eigenvalue weighted by atomic mass is 79.9. The lowest BCUT2D eigenvalue weighted by atomic mass is 10.0. The van der Waals surface area contributed by atoms with Gasteiger partial charge in [-0.3, -0.25) is 9.59 Å². The Labute approximate surface area is 106 Å². The minimum absolute atomic E-state index is 0.290. The summed E-state index contributed by atoms with van der Waals surface area (Å²) in [5.41, 5.74) is 0.390. The number of carbonyl (C=O) groups is 2. The van der Waals surface area contributed by atoms with Gasteiger partial charge in [0.25, 0.3) is 5.91 Å². The molecule has 0 radical (unpaired) electrons. The van der Waals surface area contributed by atoms with Gasteiger partial charge in [0.2, 0.25) is 0 Å². The van der Waals surface area contributed by atoms with Gasteiger partial charge in [-0.25, -0.2) is 0 Å². The largest absolute Gasteiger partial charge is 0.481 e. The van der Waals surface area contributed by atoms with E-state index < -0.39 is 11.9 Å². The fraction of sp³-hybridized carbons (Fsp3) is 0.455. The molecule has 1 aromatic rings. The Bertz CT molecular complexity index is 442. The smallest absolute Gasteiger partial charge is 0.308 e. The van der Waals surface area contributed by atoms with Gasteiger partial charge in [0, 0.05) is 6.04 Å². The molecule has 0 aliphatic heterocycles. The van der Waals surface area contributed by atoms with Crippen LogP contribution in [0.25, 0.3) is 0 Å². The van der Waals surface area contributed by atoms with Crippen molar-refractivity contribution in [3.63, 3.8) is 0 Å². The van der Waals surface area contributed by atoms with E-state index in [2.05, 4.69) is 21.2 Å². The Morgan fingerprint density at radius 2 is 2.24 bits per heavy atom. The van der Waals surface area contributed by atoms with Gasteiger partial charge in [-0.1, -0.05) is 6.42 Å². The molecule has 0 spiro atoms. The van der Waals surface area contributed by atoms with Gasteiger partial charge in [-0.15, -0.1) is 0 Å². The van der Waals surface area contributed by atoms with Crippen LogP contribution in [0.1, 0.15) is 29.6 Å². The van der Waals surface area contributed by atoms with Crippen molar-refractivity contribution in [2.24, 2.45) is 5.92 Å². The van der Waals surface area contributed by atoms with Gasteiger partial charge in [0.05, 0.1) is 17.7 Å². The Kier molecular flexibility index (Phi) is 3.51. The molecule has 0 saturated heterocycles.